The van der Waals surface area contributed by atoms with Crippen molar-refractivity contribution >= 4 is 80.9 Å². The number of fused-ring (bicyclic) bond motifs is 7. The van der Waals surface area contributed by atoms with Crippen LogP contribution in [0.25, 0.3) is 74.7 Å². The number of thiophene rings is 1. The van der Waals surface area contributed by atoms with Crippen molar-refractivity contribution in [1.29, 1.82) is 0 Å². The molecule has 0 aliphatic carbocycles. The highest BCUT2D eigenvalue weighted by molar-refractivity contribution is 7.26. The summed E-state index contributed by atoms with van der Waals surface area (Å²) in [5, 5.41) is 10.1. The summed E-state index contributed by atoms with van der Waals surface area (Å²) in [6.07, 6.45) is 0. The average molecular weight is 654 g/mol. The lowest BCUT2D eigenvalue weighted by atomic mass is 9.96. The van der Waals surface area contributed by atoms with Crippen LogP contribution in [0, 0.1) is 0 Å². The van der Waals surface area contributed by atoms with E-state index in [0.717, 1.165) is 5.69 Å². The summed E-state index contributed by atoms with van der Waals surface area (Å²) in [5.74, 6) is 0. The first-order valence-corrected chi connectivity index (χ1v) is 17.9. The summed E-state index contributed by atoms with van der Waals surface area (Å²) in [4.78, 5) is 2.49. The third-order valence-corrected chi connectivity index (χ3v) is 11.2. The predicted octanol–water partition coefficient (Wildman–Crippen LogP) is 14.3. The van der Waals surface area contributed by atoms with Crippen LogP contribution in [0.3, 0.4) is 0 Å². The topological polar surface area (TPSA) is 3.24 Å². The van der Waals surface area contributed by atoms with E-state index in [1.807, 2.05) is 11.3 Å². The van der Waals surface area contributed by atoms with Gasteiger partial charge in [0.1, 0.15) is 0 Å². The highest BCUT2D eigenvalue weighted by Gasteiger charge is 2.23. The van der Waals surface area contributed by atoms with Crippen LogP contribution in [0.5, 0.6) is 0 Å². The first kappa shape index (κ1) is 28.8. The Bertz CT molecular complexity index is 2860. The van der Waals surface area contributed by atoms with Gasteiger partial charge in [-0.2, -0.15) is 0 Å². The van der Waals surface area contributed by atoms with E-state index in [1.165, 1.54) is 86.1 Å². The quantitative estimate of drug-likeness (QED) is 0.167. The molecule has 0 aliphatic rings. The van der Waals surface area contributed by atoms with Gasteiger partial charge < -0.3 is 4.90 Å². The highest BCUT2D eigenvalue weighted by Crippen LogP contribution is 2.50. The Hall–Kier alpha value is -6.22. The Morgan fingerprint density at radius 3 is 1.80 bits per heavy atom. The van der Waals surface area contributed by atoms with Crippen LogP contribution in [-0.4, -0.2) is 0 Å². The van der Waals surface area contributed by atoms with Gasteiger partial charge in [0.15, 0.2) is 0 Å². The van der Waals surface area contributed by atoms with Gasteiger partial charge in [-0.3, -0.25) is 0 Å². The Morgan fingerprint density at radius 2 is 0.980 bits per heavy atom. The molecule has 234 valence electrons. The van der Waals surface area contributed by atoms with Crippen molar-refractivity contribution in [2.24, 2.45) is 0 Å². The lowest BCUT2D eigenvalue weighted by Crippen LogP contribution is -2.11. The van der Waals surface area contributed by atoms with E-state index in [0.29, 0.717) is 0 Å². The number of benzene rings is 9. The predicted molar refractivity (Wildman–Crippen MR) is 217 cm³/mol. The molecule has 0 saturated carbocycles. The Morgan fingerprint density at radius 1 is 0.360 bits per heavy atom. The second-order valence-corrected chi connectivity index (χ2v) is 13.9. The summed E-state index contributed by atoms with van der Waals surface area (Å²) in [5.41, 5.74) is 8.42. The molecule has 0 atom stereocenters. The minimum absolute atomic E-state index is 1.13. The molecule has 10 rings (SSSR count). The molecule has 0 spiro atoms. The van der Waals surface area contributed by atoms with Crippen LogP contribution < -0.4 is 4.90 Å². The fraction of sp³-hybridized carbons (Fsp3) is 0. The fourth-order valence-electron chi connectivity index (χ4n) is 7.74. The molecule has 0 radical (unpaired) electrons. The molecule has 2 heteroatoms. The third kappa shape index (κ3) is 4.61. The number of rotatable bonds is 5. The van der Waals surface area contributed by atoms with E-state index in [4.69, 9.17) is 0 Å². The van der Waals surface area contributed by atoms with Crippen molar-refractivity contribution in [1.82, 2.24) is 0 Å². The van der Waals surface area contributed by atoms with Gasteiger partial charge in [-0.1, -0.05) is 158 Å². The molecule has 9 aromatic carbocycles. The van der Waals surface area contributed by atoms with E-state index >= 15 is 0 Å². The number of hydrogen-bond donors (Lipinski definition) is 0. The second-order valence-electron chi connectivity index (χ2n) is 12.9. The SMILES string of the molecule is c1ccc(-c2ccc(N(c3ccc(-c4cccc5ccccc45)cc3)c3cc4ccccc4c4ccccc34)c3sc4ccccc4c23)cc1. The van der Waals surface area contributed by atoms with E-state index < -0.39 is 0 Å². The fourth-order valence-corrected chi connectivity index (χ4v) is 8.98. The Balaban J connectivity index is 1.27. The van der Waals surface area contributed by atoms with Gasteiger partial charge in [0.05, 0.1) is 16.1 Å². The standard InChI is InChI=1S/C48H31NS/c1-2-13-33(14-3-1)40-29-30-44(48-47(40)43-22-10-11-24-46(43)50-48)49(45-31-35-16-5-7-19-39(35)41-20-8-9-21-42(41)45)36-27-25-34(26-28-36)38-23-12-17-32-15-4-6-18-37(32)38/h1-31H. The van der Waals surface area contributed by atoms with Crippen molar-refractivity contribution in [2.75, 3.05) is 4.90 Å². The molecule has 0 bridgehead atoms. The van der Waals surface area contributed by atoms with Crippen LogP contribution >= 0.6 is 11.3 Å². The normalized spacial score (nSPS) is 11.6. The van der Waals surface area contributed by atoms with Crippen molar-refractivity contribution in [3.63, 3.8) is 0 Å². The second kappa shape index (κ2) is 11.7. The van der Waals surface area contributed by atoms with Gasteiger partial charge in [0.25, 0.3) is 0 Å². The molecule has 0 N–H and O–H groups in total. The van der Waals surface area contributed by atoms with Crippen LogP contribution in [-0.2, 0) is 0 Å². The van der Waals surface area contributed by atoms with Crippen molar-refractivity contribution in [3.05, 3.63) is 188 Å². The summed E-state index contributed by atoms with van der Waals surface area (Å²) in [6, 6.07) is 68.7. The molecule has 10 aromatic rings. The van der Waals surface area contributed by atoms with Gasteiger partial charge in [-0.25, -0.2) is 0 Å². The van der Waals surface area contributed by atoms with Gasteiger partial charge in [0, 0.05) is 26.5 Å². The molecule has 1 heterocycles. The van der Waals surface area contributed by atoms with Gasteiger partial charge in [0.2, 0.25) is 0 Å². The molecule has 0 unspecified atom stereocenters. The summed E-state index contributed by atoms with van der Waals surface area (Å²) >= 11 is 1.88. The van der Waals surface area contributed by atoms with Crippen molar-refractivity contribution < 1.29 is 0 Å². The van der Waals surface area contributed by atoms with E-state index in [1.54, 1.807) is 0 Å². The molecule has 0 amide bonds. The zero-order chi connectivity index (χ0) is 33.0. The molecular formula is C48H31NS. The van der Waals surface area contributed by atoms with Gasteiger partial charge in [-0.15, -0.1) is 11.3 Å². The summed E-state index contributed by atoms with van der Waals surface area (Å²) in [7, 11) is 0. The van der Waals surface area contributed by atoms with Gasteiger partial charge >= 0.3 is 0 Å². The number of hydrogen-bond acceptors (Lipinski definition) is 2. The summed E-state index contributed by atoms with van der Waals surface area (Å²) < 4.78 is 2.57. The summed E-state index contributed by atoms with van der Waals surface area (Å²) in [6.45, 7) is 0. The van der Waals surface area contributed by atoms with Crippen molar-refractivity contribution in [3.8, 4) is 22.3 Å². The Kier molecular flexibility index (Phi) is 6.75. The van der Waals surface area contributed by atoms with E-state index in [2.05, 4.69) is 193 Å². The average Bonchev–Trinajstić information content (AvgIpc) is 3.59. The maximum atomic E-state index is 2.49. The number of nitrogens with zero attached hydrogens (tertiary/aromatic N) is 1. The maximum Gasteiger partial charge on any atom is 0.0641 e. The van der Waals surface area contributed by atoms with E-state index in [-0.39, 0.29) is 0 Å². The van der Waals surface area contributed by atoms with Crippen molar-refractivity contribution in [2.45, 2.75) is 0 Å². The zero-order valence-corrected chi connectivity index (χ0v) is 28.1. The minimum Gasteiger partial charge on any atom is -0.308 e. The zero-order valence-electron chi connectivity index (χ0n) is 27.3. The smallest absolute Gasteiger partial charge is 0.0641 e. The Labute approximate surface area is 294 Å². The molecule has 1 nitrogen and oxygen atoms in total. The molecule has 50 heavy (non-hydrogen) atoms. The lowest BCUT2D eigenvalue weighted by molar-refractivity contribution is 1.32. The van der Waals surface area contributed by atoms with Crippen LogP contribution in [0.2, 0.25) is 0 Å². The molecule has 0 saturated heterocycles. The molecule has 0 fully saturated rings. The monoisotopic (exact) mass is 653 g/mol. The van der Waals surface area contributed by atoms with E-state index in [9.17, 15) is 0 Å². The largest absolute Gasteiger partial charge is 0.308 e. The maximum absolute atomic E-state index is 2.49. The number of anilines is 3. The molecule has 0 aliphatic heterocycles. The molecule has 1 aromatic heterocycles. The first-order valence-electron chi connectivity index (χ1n) is 17.1. The van der Waals surface area contributed by atoms with Crippen LogP contribution in [0.4, 0.5) is 17.1 Å². The molecular weight excluding hydrogens is 623 g/mol. The minimum atomic E-state index is 1.13. The third-order valence-electron chi connectivity index (χ3n) is 10.0. The van der Waals surface area contributed by atoms with Gasteiger partial charge in [-0.05, 0) is 79.5 Å². The lowest BCUT2D eigenvalue weighted by Gasteiger charge is -2.28. The van der Waals surface area contributed by atoms with Crippen LogP contribution in [0.1, 0.15) is 0 Å². The van der Waals surface area contributed by atoms with Crippen LogP contribution in [0.15, 0.2) is 188 Å². The first-order chi connectivity index (χ1) is 24.8. The highest BCUT2D eigenvalue weighted by atomic mass is 32.1.